The maximum absolute atomic E-state index is 12.0. The molecule has 36 heavy (non-hydrogen) atoms. The van der Waals surface area contributed by atoms with Gasteiger partial charge in [0.15, 0.2) is 0 Å². The van der Waals surface area contributed by atoms with Crippen LogP contribution in [0.1, 0.15) is 36.1 Å². The highest BCUT2D eigenvalue weighted by Gasteiger charge is 2.19. The lowest BCUT2D eigenvalue weighted by Gasteiger charge is -2.16. The van der Waals surface area contributed by atoms with Crippen molar-refractivity contribution < 1.29 is 14.3 Å². The van der Waals surface area contributed by atoms with Gasteiger partial charge in [-0.2, -0.15) is 10.1 Å². The smallest absolute Gasteiger partial charge is 0.316 e. The standard InChI is InChI=1S/C27H30N6O3/c1-4-6-18(22-10-11-30-27(32-22)36-15-19-7-5-12-35-19)13-20(25(28)17(3)26(29)34)24-16(2)8-9-23-21(24)14-31-33-23/h4,8-11,13-14,19H,1,3,5-7,12,15,28H2,2H3,(H2,29,34)(H,31,33)/b18-13+,25-20-. The Bertz CT molecular complexity index is 1360. The zero-order chi connectivity index (χ0) is 25.7. The summed E-state index contributed by atoms with van der Waals surface area (Å²) in [6.45, 7) is 10.8. The number of carbonyl (C=O) groups excluding carboxylic acids is 1. The van der Waals surface area contributed by atoms with Crippen molar-refractivity contribution in [3.8, 4) is 6.01 Å². The molecule has 1 aromatic carbocycles. The molecular formula is C27H30N6O3. The third kappa shape index (κ3) is 5.36. The van der Waals surface area contributed by atoms with Gasteiger partial charge in [-0.1, -0.05) is 18.7 Å². The second-order valence-electron chi connectivity index (χ2n) is 8.59. The highest BCUT2D eigenvalue weighted by atomic mass is 16.5. The summed E-state index contributed by atoms with van der Waals surface area (Å²) in [5.41, 5.74) is 16.8. The number of aryl methyl sites for hydroxylation is 1. The summed E-state index contributed by atoms with van der Waals surface area (Å²) in [4.78, 5) is 20.8. The van der Waals surface area contributed by atoms with Crippen molar-refractivity contribution in [1.29, 1.82) is 0 Å². The van der Waals surface area contributed by atoms with E-state index in [1.807, 2.05) is 25.1 Å². The number of fused-ring (bicyclic) bond motifs is 1. The van der Waals surface area contributed by atoms with Crippen LogP contribution in [0.5, 0.6) is 6.01 Å². The zero-order valence-corrected chi connectivity index (χ0v) is 20.3. The first-order valence-corrected chi connectivity index (χ1v) is 11.7. The van der Waals surface area contributed by atoms with Crippen LogP contribution in [0.2, 0.25) is 0 Å². The van der Waals surface area contributed by atoms with Gasteiger partial charge in [0.25, 0.3) is 0 Å². The summed E-state index contributed by atoms with van der Waals surface area (Å²) in [5.74, 6) is -0.701. The van der Waals surface area contributed by atoms with Gasteiger partial charge in [0.1, 0.15) is 6.61 Å². The third-order valence-corrected chi connectivity index (χ3v) is 6.08. The number of nitrogens with two attached hydrogens (primary N) is 2. The molecule has 0 aliphatic carbocycles. The fourth-order valence-corrected chi connectivity index (χ4v) is 4.16. The molecule has 9 nitrogen and oxygen atoms in total. The minimum Gasteiger partial charge on any atom is -0.461 e. The van der Waals surface area contributed by atoms with E-state index in [4.69, 9.17) is 20.9 Å². The molecule has 186 valence electrons. The Morgan fingerprint density at radius 3 is 2.89 bits per heavy atom. The molecule has 1 atom stereocenters. The summed E-state index contributed by atoms with van der Waals surface area (Å²) in [6, 6.07) is 5.94. The first kappa shape index (κ1) is 24.9. The van der Waals surface area contributed by atoms with Crippen molar-refractivity contribution in [3.05, 3.63) is 84.0 Å². The van der Waals surface area contributed by atoms with Crippen molar-refractivity contribution in [3.63, 3.8) is 0 Å². The number of aromatic amines is 1. The van der Waals surface area contributed by atoms with E-state index < -0.39 is 5.91 Å². The van der Waals surface area contributed by atoms with E-state index >= 15 is 0 Å². The quantitative estimate of drug-likeness (QED) is 0.226. The fraction of sp³-hybridized carbons (Fsp3) is 0.259. The number of hydrogen-bond donors (Lipinski definition) is 3. The molecule has 1 saturated heterocycles. The van der Waals surface area contributed by atoms with Gasteiger partial charge >= 0.3 is 6.01 Å². The van der Waals surface area contributed by atoms with Crippen molar-refractivity contribution in [2.75, 3.05) is 13.2 Å². The third-order valence-electron chi connectivity index (χ3n) is 6.08. The normalized spacial score (nSPS) is 16.6. The Morgan fingerprint density at radius 2 is 2.17 bits per heavy atom. The number of carbonyl (C=O) groups is 1. The average Bonchev–Trinajstić information content (AvgIpc) is 3.57. The molecule has 0 saturated carbocycles. The number of ether oxygens (including phenoxy) is 2. The van der Waals surface area contributed by atoms with E-state index in [9.17, 15) is 4.79 Å². The van der Waals surface area contributed by atoms with Crippen molar-refractivity contribution >= 4 is 28.0 Å². The van der Waals surface area contributed by atoms with Gasteiger partial charge in [0.05, 0.1) is 34.8 Å². The van der Waals surface area contributed by atoms with E-state index in [0.29, 0.717) is 24.3 Å². The summed E-state index contributed by atoms with van der Waals surface area (Å²) in [6.07, 6.45) is 9.52. The van der Waals surface area contributed by atoms with E-state index in [0.717, 1.165) is 47.1 Å². The summed E-state index contributed by atoms with van der Waals surface area (Å²) < 4.78 is 11.4. The number of nitrogens with zero attached hydrogens (tertiary/aromatic N) is 3. The van der Waals surface area contributed by atoms with Crippen LogP contribution in [-0.4, -0.2) is 45.4 Å². The molecule has 1 aliphatic heterocycles. The highest BCUT2D eigenvalue weighted by Crippen LogP contribution is 2.34. The second-order valence-corrected chi connectivity index (χ2v) is 8.59. The monoisotopic (exact) mass is 486 g/mol. The van der Waals surface area contributed by atoms with Crippen molar-refractivity contribution in [2.45, 2.75) is 32.3 Å². The van der Waals surface area contributed by atoms with Crippen LogP contribution in [0.4, 0.5) is 0 Å². The number of allylic oxidation sites excluding steroid dienone is 4. The largest absolute Gasteiger partial charge is 0.461 e. The second kappa shape index (κ2) is 11.0. The van der Waals surface area contributed by atoms with Gasteiger partial charge in [-0.05, 0) is 61.1 Å². The number of nitrogens with one attached hydrogen (secondary N) is 1. The van der Waals surface area contributed by atoms with E-state index in [1.165, 1.54) is 0 Å². The first-order valence-electron chi connectivity index (χ1n) is 11.7. The Morgan fingerprint density at radius 1 is 1.33 bits per heavy atom. The van der Waals surface area contributed by atoms with Crippen LogP contribution in [0.3, 0.4) is 0 Å². The summed E-state index contributed by atoms with van der Waals surface area (Å²) >= 11 is 0. The lowest BCUT2D eigenvalue weighted by atomic mass is 9.91. The summed E-state index contributed by atoms with van der Waals surface area (Å²) in [5, 5.41) is 8.00. The van der Waals surface area contributed by atoms with Crippen molar-refractivity contribution in [2.24, 2.45) is 11.5 Å². The predicted octanol–water partition coefficient (Wildman–Crippen LogP) is 3.59. The molecule has 3 heterocycles. The SMILES string of the molecule is C=CC/C(=C\C(=C(\N)C(=C)C(N)=O)c1c(C)ccc2[nH]ncc12)c1ccnc(OCC2CCCO2)n1. The molecule has 1 fully saturated rings. The van der Waals surface area contributed by atoms with Crippen molar-refractivity contribution in [1.82, 2.24) is 20.2 Å². The van der Waals surface area contributed by atoms with Gasteiger partial charge < -0.3 is 20.9 Å². The topological polar surface area (TPSA) is 142 Å². The van der Waals surface area contributed by atoms with Crippen LogP contribution >= 0.6 is 0 Å². The minimum atomic E-state index is -0.701. The molecule has 1 aliphatic rings. The van der Waals surface area contributed by atoms with Gasteiger partial charge in [0.2, 0.25) is 5.91 Å². The van der Waals surface area contributed by atoms with E-state index in [1.54, 1.807) is 24.5 Å². The van der Waals surface area contributed by atoms with E-state index in [-0.39, 0.29) is 23.4 Å². The van der Waals surface area contributed by atoms with Gasteiger partial charge in [-0.3, -0.25) is 9.89 Å². The number of rotatable bonds is 10. The number of primary amides is 1. The molecule has 5 N–H and O–H groups in total. The zero-order valence-electron chi connectivity index (χ0n) is 20.3. The van der Waals surface area contributed by atoms with Crippen LogP contribution in [0, 0.1) is 6.92 Å². The molecule has 9 heteroatoms. The Labute approximate surface area is 209 Å². The number of H-pyrrole nitrogens is 1. The van der Waals surface area contributed by atoms with Gasteiger partial charge in [-0.25, -0.2) is 4.98 Å². The maximum Gasteiger partial charge on any atom is 0.316 e. The Hall–Kier alpha value is -4.24. The number of aromatic nitrogens is 4. The maximum atomic E-state index is 12.0. The van der Waals surface area contributed by atoms with Crippen LogP contribution in [-0.2, 0) is 9.53 Å². The first-order chi connectivity index (χ1) is 17.4. The minimum absolute atomic E-state index is 0.0161. The molecule has 2 aromatic heterocycles. The highest BCUT2D eigenvalue weighted by molar-refractivity contribution is 6.04. The number of hydrogen-bond acceptors (Lipinski definition) is 7. The van der Waals surface area contributed by atoms with Gasteiger partial charge in [0, 0.05) is 23.8 Å². The molecule has 4 rings (SSSR count). The molecular weight excluding hydrogens is 456 g/mol. The average molecular weight is 487 g/mol. The van der Waals surface area contributed by atoms with Crippen LogP contribution in [0.15, 0.2) is 67.2 Å². The molecule has 1 unspecified atom stereocenters. The number of benzene rings is 1. The fourth-order valence-electron chi connectivity index (χ4n) is 4.16. The lowest BCUT2D eigenvalue weighted by Crippen LogP contribution is -2.19. The van der Waals surface area contributed by atoms with Crippen LogP contribution in [0.25, 0.3) is 22.0 Å². The van der Waals surface area contributed by atoms with E-state index in [2.05, 4.69) is 33.3 Å². The Kier molecular flexibility index (Phi) is 7.60. The molecule has 0 spiro atoms. The lowest BCUT2D eigenvalue weighted by molar-refractivity contribution is -0.114. The summed E-state index contributed by atoms with van der Waals surface area (Å²) in [7, 11) is 0. The molecule has 0 bridgehead atoms. The van der Waals surface area contributed by atoms with Gasteiger partial charge in [-0.15, -0.1) is 6.58 Å². The molecule has 3 aromatic rings. The number of amides is 1. The van der Waals surface area contributed by atoms with Crippen LogP contribution < -0.4 is 16.2 Å². The molecule has 0 radical (unpaired) electrons. The molecule has 1 amide bonds. The Balaban J connectivity index is 1.82. The predicted molar refractivity (Wildman–Crippen MR) is 140 cm³/mol.